The molecule has 0 aliphatic carbocycles. The molecule has 1 rings (SSSR count). The van der Waals surface area contributed by atoms with Crippen LogP contribution in [0.15, 0.2) is 24.4 Å². The summed E-state index contributed by atoms with van der Waals surface area (Å²) >= 11 is 0. The molecule has 11 heavy (non-hydrogen) atoms. The maximum absolute atomic E-state index is 9.15. The van der Waals surface area contributed by atoms with Crippen LogP contribution in [0.25, 0.3) is 0 Å². The molecular weight excluding hydrogens is 140 g/mol. The summed E-state index contributed by atoms with van der Waals surface area (Å²) in [6.45, 7) is 0.288. The van der Waals surface area contributed by atoms with E-state index in [-0.39, 0.29) is 6.54 Å². The van der Waals surface area contributed by atoms with Crippen molar-refractivity contribution in [1.82, 2.24) is 4.98 Å². The highest BCUT2D eigenvalue weighted by molar-refractivity contribution is 5.04. The first kappa shape index (κ1) is 8.17. The van der Waals surface area contributed by atoms with E-state index in [9.17, 15) is 0 Å². The number of pyridine rings is 1. The lowest BCUT2D eigenvalue weighted by Gasteiger charge is -2.05. The molecule has 0 spiro atoms. The predicted molar refractivity (Wildman–Crippen MR) is 43.0 cm³/mol. The number of aliphatic hydroxyl groups is 1. The topological polar surface area (TPSA) is 59.1 Å². The molecule has 3 nitrogen and oxygen atoms in total. The average Bonchev–Trinajstić information content (AvgIpc) is 2.06. The summed E-state index contributed by atoms with van der Waals surface area (Å²) in [5.41, 5.74) is 6.12. The van der Waals surface area contributed by atoms with E-state index >= 15 is 0 Å². The molecule has 60 valence electrons. The predicted octanol–water partition coefficient (Wildman–Crippen LogP) is -0.0563. The lowest BCUT2D eigenvalue weighted by molar-refractivity contribution is 0.182. The minimum Gasteiger partial charge on any atom is -0.391 e. The fourth-order valence-corrected chi connectivity index (χ4v) is 0.844. The third kappa shape index (κ3) is 2.65. The highest BCUT2D eigenvalue weighted by atomic mass is 16.3. The van der Waals surface area contributed by atoms with Crippen molar-refractivity contribution in [2.75, 3.05) is 6.54 Å². The van der Waals surface area contributed by atoms with Gasteiger partial charge >= 0.3 is 0 Å². The summed E-state index contributed by atoms with van der Waals surface area (Å²) in [6, 6.07) is 5.61. The van der Waals surface area contributed by atoms with Gasteiger partial charge in [-0.15, -0.1) is 0 Å². The van der Waals surface area contributed by atoms with Crippen molar-refractivity contribution < 1.29 is 5.11 Å². The van der Waals surface area contributed by atoms with Crippen LogP contribution in [0.4, 0.5) is 0 Å². The van der Waals surface area contributed by atoms with E-state index in [1.54, 1.807) is 6.20 Å². The lowest BCUT2D eigenvalue weighted by atomic mass is 10.2. The Hall–Kier alpha value is -0.930. The second kappa shape index (κ2) is 4.05. The number of hydrogen-bond donors (Lipinski definition) is 2. The van der Waals surface area contributed by atoms with Crippen LogP contribution in [0.1, 0.15) is 5.69 Å². The molecule has 0 bridgehead atoms. The zero-order valence-corrected chi connectivity index (χ0v) is 6.27. The molecule has 0 fully saturated rings. The quantitative estimate of drug-likeness (QED) is 0.638. The van der Waals surface area contributed by atoms with Gasteiger partial charge < -0.3 is 10.8 Å². The number of nitrogens with zero attached hydrogens (tertiary/aromatic N) is 1. The Kier molecular flexibility index (Phi) is 3.01. The fourth-order valence-electron chi connectivity index (χ4n) is 0.844. The monoisotopic (exact) mass is 152 g/mol. The van der Waals surface area contributed by atoms with Crippen LogP contribution in [0.5, 0.6) is 0 Å². The highest BCUT2D eigenvalue weighted by Crippen LogP contribution is 1.97. The van der Waals surface area contributed by atoms with Gasteiger partial charge in [0.25, 0.3) is 0 Å². The van der Waals surface area contributed by atoms with Gasteiger partial charge in [0.2, 0.25) is 0 Å². The largest absolute Gasteiger partial charge is 0.391 e. The molecule has 1 aromatic heterocycles. The van der Waals surface area contributed by atoms with E-state index in [2.05, 4.69) is 4.98 Å². The Morgan fingerprint density at radius 2 is 2.36 bits per heavy atom. The minimum atomic E-state index is -0.468. The van der Waals surface area contributed by atoms with E-state index < -0.39 is 6.10 Å². The summed E-state index contributed by atoms with van der Waals surface area (Å²) in [4.78, 5) is 4.05. The summed E-state index contributed by atoms with van der Waals surface area (Å²) in [7, 11) is 0. The van der Waals surface area contributed by atoms with Gasteiger partial charge in [-0.2, -0.15) is 0 Å². The first-order chi connectivity index (χ1) is 5.33. The fraction of sp³-hybridized carbons (Fsp3) is 0.375. The minimum absolute atomic E-state index is 0.288. The molecule has 1 atom stereocenters. The van der Waals surface area contributed by atoms with Gasteiger partial charge in [-0.1, -0.05) is 6.07 Å². The van der Waals surface area contributed by atoms with Crippen LogP contribution in [0, 0.1) is 0 Å². The van der Waals surface area contributed by atoms with Crippen LogP contribution in [-0.2, 0) is 6.42 Å². The Bertz CT molecular complexity index is 201. The van der Waals surface area contributed by atoms with Crippen LogP contribution >= 0.6 is 0 Å². The van der Waals surface area contributed by atoms with E-state index in [1.165, 1.54) is 0 Å². The molecule has 1 aromatic rings. The number of aliphatic hydroxyl groups excluding tert-OH is 1. The van der Waals surface area contributed by atoms with Crippen molar-refractivity contribution in [3.8, 4) is 0 Å². The zero-order valence-electron chi connectivity index (χ0n) is 6.27. The Labute approximate surface area is 65.9 Å². The number of nitrogens with two attached hydrogens (primary N) is 1. The summed E-state index contributed by atoms with van der Waals surface area (Å²) in [6.07, 6.45) is 1.78. The maximum Gasteiger partial charge on any atom is 0.0717 e. The first-order valence-electron chi connectivity index (χ1n) is 3.61. The molecule has 1 unspecified atom stereocenters. The van der Waals surface area contributed by atoms with Gasteiger partial charge in [0.1, 0.15) is 0 Å². The third-order valence-corrected chi connectivity index (χ3v) is 1.44. The van der Waals surface area contributed by atoms with E-state index in [0.29, 0.717) is 6.42 Å². The van der Waals surface area contributed by atoms with Crippen molar-refractivity contribution in [3.63, 3.8) is 0 Å². The van der Waals surface area contributed by atoms with Crippen LogP contribution in [0.3, 0.4) is 0 Å². The van der Waals surface area contributed by atoms with Crippen molar-refractivity contribution in [1.29, 1.82) is 0 Å². The SMILES string of the molecule is NCC(O)Cc1ccccn1. The van der Waals surface area contributed by atoms with E-state index in [4.69, 9.17) is 10.8 Å². The van der Waals surface area contributed by atoms with E-state index in [1.807, 2.05) is 18.2 Å². The standard InChI is InChI=1S/C8H12N2O/c9-6-8(11)5-7-3-1-2-4-10-7/h1-4,8,11H,5-6,9H2. The summed E-state index contributed by atoms with van der Waals surface area (Å²) in [5, 5.41) is 9.15. The summed E-state index contributed by atoms with van der Waals surface area (Å²) in [5.74, 6) is 0. The van der Waals surface area contributed by atoms with Gasteiger partial charge in [0.15, 0.2) is 0 Å². The van der Waals surface area contributed by atoms with E-state index in [0.717, 1.165) is 5.69 Å². The number of aromatic nitrogens is 1. The highest BCUT2D eigenvalue weighted by Gasteiger charge is 2.01. The Morgan fingerprint density at radius 1 is 1.55 bits per heavy atom. The van der Waals surface area contributed by atoms with Gasteiger partial charge in [0.05, 0.1) is 6.10 Å². The molecule has 0 saturated heterocycles. The Balaban J connectivity index is 2.51. The molecule has 0 radical (unpaired) electrons. The van der Waals surface area contributed by atoms with Crippen LogP contribution in [-0.4, -0.2) is 22.7 Å². The molecule has 0 aliphatic heterocycles. The third-order valence-electron chi connectivity index (χ3n) is 1.44. The van der Waals surface area contributed by atoms with Gasteiger partial charge in [-0.25, -0.2) is 0 Å². The van der Waals surface area contributed by atoms with Crippen molar-refractivity contribution in [2.45, 2.75) is 12.5 Å². The number of hydrogen-bond acceptors (Lipinski definition) is 3. The van der Waals surface area contributed by atoms with Gasteiger partial charge in [-0.05, 0) is 12.1 Å². The van der Waals surface area contributed by atoms with Gasteiger partial charge in [-0.3, -0.25) is 4.98 Å². The Morgan fingerprint density at radius 3 is 2.91 bits per heavy atom. The maximum atomic E-state index is 9.15. The second-order valence-corrected chi connectivity index (χ2v) is 2.41. The van der Waals surface area contributed by atoms with Crippen molar-refractivity contribution >= 4 is 0 Å². The molecule has 3 N–H and O–H groups in total. The molecule has 1 heterocycles. The normalized spacial score (nSPS) is 12.9. The molecular formula is C8H12N2O. The molecule has 0 amide bonds. The van der Waals surface area contributed by atoms with Crippen LogP contribution in [0.2, 0.25) is 0 Å². The average molecular weight is 152 g/mol. The van der Waals surface area contributed by atoms with Gasteiger partial charge in [0, 0.05) is 24.9 Å². The first-order valence-corrected chi connectivity index (χ1v) is 3.61. The molecule has 0 aliphatic rings. The lowest BCUT2D eigenvalue weighted by Crippen LogP contribution is -2.22. The molecule has 0 aromatic carbocycles. The summed E-state index contributed by atoms with van der Waals surface area (Å²) < 4.78 is 0. The molecule has 0 saturated carbocycles. The van der Waals surface area contributed by atoms with Crippen molar-refractivity contribution in [3.05, 3.63) is 30.1 Å². The number of rotatable bonds is 3. The van der Waals surface area contributed by atoms with Crippen molar-refractivity contribution in [2.24, 2.45) is 5.73 Å². The second-order valence-electron chi connectivity index (χ2n) is 2.41. The smallest absolute Gasteiger partial charge is 0.0717 e. The molecule has 3 heteroatoms. The zero-order chi connectivity index (χ0) is 8.10. The van der Waals surface area contributed by atoms with Crippen LogP contribution < -0.4 is 5.73 Å².